The molecule has 3 aliphatic rings. The monoisotopic (exact) mass is 545 g/mol. The molecule has 0 radical (unpaired) electrons. The van der Waals surface area contributed by atoms with E-state index in [1.165, 1.54) is 0 Å². The lowest BCUT2D eigenvalue weighted by Gasteiger charge is -2.44. The van der Waals surface area contributed by atoms with Crippen LogP contribution in [0.4, 0.5) is 0 Å². The van der Waals surface area contributed by atoms with Gasteiger partial charge in [-0.05, 0) is 72.7 Å². The van der Waals surface area contributed by atoms with Crippen LogP contribution in [0.2, 0.25) is 0 Å². The Morgan fingerprint density at radius 3 is 2.20 bits per heavy atom. The van der Waals surface area contributed by atoms with Gasteiger partial charge < -0.3 is 19.5 Å². The Kier molecular flexibility index (Phi) is 7.99. The van der Waals surface area contributed by atoms with Crippen LogP contribution in [-0.2, 0) is 14.4 Å². The van der Waals surface area contributed by atoms with Gasteiger partial charge in [-0.2, -0.15) is 0 Å². The molecule has 0 bridgehead atoms. The van der Waals surface area contributed by atoms with Crippen LogP contribution in [0.5, 0.6) is 11.5 Å². The molecule has 0 unspecified atom stereocenters. The predicted octanol–water partition coefficient (Wildman–Crippen LogP) is 5.52. The molecule has 35 heavy (non-hydrogen) atoms. The Balaban J connectivity index is 1.90. The number of carboxylic acid groups (broad SMARTS) is 1. The van der Waals surface area contributed by atoms with Crippen molar-refractivity contribution in [2.75, 3.05) is 19.8 Å². The van der Waals surface area contributed by atoms with Crippen molar-refractivity contribution in [1.29, 1.82) is 0 Å². The molecule has 0 saturated carbocycles. The normalized spacial score (nSPS) is 18.5. The van der Waals surface area contributed by atoms with Crippen LogP contribution in [0.1, 0.15) is 76.7 Å². The highest BCUT2D eigenvalue weighted by Gasteiger charge is 2.43. The summed E-state index contributed by atoms with van der Waals surface area (Å²) in [6, 6.07) is 3.83. The molecule has 0 amide bonds. The second-order valence-corrected chi connectivity index (χ2v) is 9.97. The van der Waals surface area contributed by atoms with Gasteiger partial charge in [-0.25, -0.2) is 0 Å². The molecule has 1 aliphatic heterocycles. The zero-order valence-corrected chi connectivity index (χ0v) is 21.9. The van der Waals surface area contributed by atoms with E-state index in [1.54, 1.807) is 0 Å². The quantitative estimate of drug-likeness (QED) is 0.436. The summed E-state index contributed by atoms with van der Waals surface area (Å²) >= 11 is 3.64. The third kappa shape index (κ3) is 5.03. The van der Waals surface area contributed by atoms with Crippen molar-refractivity contribution in [2.24, 2.45) is 0 Å². The van der Waals surface area contributed by atoms with Crippen molar-refractivity contribution in [3.8, 4) is 11.5 Å². The first-order chi connectivity index (χ1) is 16.9. The lowest BCUT2D eigenvalue weighted by atomic mass is 9.71. The number of halogens is 1. The van der Waals surface area contributed by atoms with Crippen LogP contribution < -0.4 is 9.47 Å². The number of carbonyl (C=O) groups excluding carboxylic acids is 2. The van der Waals surface area contributed by atoms with Gasteiger partial charge in [-0.15, -0.1) is 0 Å². The van der Waals surface area contributed by atoms with Gasteiger partial charge >= 0.3 is 5.97 Å². The third-order valence-corrected chi connectivity index (χ3v) is 7.34. The van der Waals surface area contributed by atoms with E-state index in [2.05, 4.69) is 15.9 Å². The molecule has 2 aliphatic carbocycles. The summed E-state index contributed by atoms with van der Waals surface area (Å²) in [5, 5.41) is 9.35. The van der Waals surface area contributed by atoms with E-state index in [0.29, 0.717) is 61.5 Å². The van der Waals surface area contributed by atoms with Crippen LogP contribution in [0, 0.1) is 0 Å². The van der Waals surface area contributed by atoms with Crippen molar-refractivity contribution < 1.29 is 29.0 Å². The summed E-state index contributed by atoms with van der Waals surface area (Å²) in [5.74, 6) is -0.131. The van der Waals surface area contributed by atoms with E-state index in [0.717, 1.165) is 40.7 Å². The standard InChI is InChI=1S/C27H32BrNO6/c1-3-13-35-27-17(28)14-16(15-22(27)34-4-2)24-25-18(7-5-9-20(25)30)29(12-11-23(32)33)19-8-6-10-21(31)26(19)24/h14-15,24H,3-13H2,1-2H3,(H,32,33). The summed E-state index contributed by atoms with van der Waals surface area (Å²) in [6.07, 6.45) is 4.49. The molecule has 1 heterocycles. The highest BCUT2D eigenvalue weighted by molar-refractivity contribution is 9.10. The van der Waals surface area contributed by atoms with Gasteiger partial charge in [0.25, 0.3) is 0 Å². The number of ether oxygens (including phenoxy) is 2. The highest BCUT2D eigenvalue weighted by atomic mass is 79.9. The topological polar surface area (TPSA) is 93.1 Å². The third-order valence-electron chi connectivity index (χ3n) is 6.75. The second kappa shape index (κ2) is 11.0. The fourth-order valence-corrected chi connectivity index (χ4v) is 5.96. The minimum atomic E-state index is -0.895. The molecule has 8 heteroatoms. The van der Waals surface area contributed by atoms with E-state index < -0.39 is 11.9 Å². The zero-order valence-electron chi connectivity index (χ0n) is 20.3. The molecule has 188 valence electrons. The molecule has 1 aromatic rings. The van der Waals surface area contributed by atoms with Crippen LogP contribution in [0.15, 0.2) is 39.1 Å². The first kappa shape index (κ1) is 25.5. The smallest absolute Gasteiger partial charge is 0.305 e. The number of carbonyl (C=O) groups is 3. The molecule has 4 rings (SSSR count). The minimum absolute atomic E-state index is 0.0295. The molecule has 1 N–H and O–H groups in total. The molecule has 0 atom stereocenters. The Hall–Kier alpha value is -2.61. The fraction of sp³-hybridized carbons (Fsp3) is 0.519. The number of aliphatic carboxylic acids is 1. The van der Waals surface area contributed by atoms with Crippen molar-refractivity contribution in [3.63, 3.8) is 0 Å². The maximum absolute atomic E-state index is 13.4. The van der Waals surface area contributed by atoms with Crippen molar-refractivity contribution in [1.82, 2.24) is 4.90 Å². The molecule has 1 aromatic carbocycles. The average molecular weight is 546 g/mol. The average Bonchev–Trinajstić information content (AvgIpc) is 2.82. The number of carboxylic acids is 1. The van der Waals surface area contributed by atoms with Crippen LogP contribution in [-0.4, -0.2) is 47.3 Å². The molecular weight excluding hydrogens is 514 g/mol. The van der Waals surface area contributed by atoms with Crippen molar-refractivity contribution in [3.05, 3.63) is 44.7 Å². The number of ketones is 2. The van der Waals surface area contributed by atoms with E-state index in [1.807, 2.05) is 30.9 Å². The number of benzene rings is 1. The Morgan fingerprint density at radius 2 is 1.66 bits per heavy atom. The SMILES string of the molecule is CCCOc1c(Br)cc(C2C3=C(CCCC3=O)N(CCC(=O)O)C3=C2C(=O)CCC3)cc1OCC. The molecule has 0 fully saturated rings. The molecular formula is C27H32BrNO6. The van der Waals surface area contributed by atoms with E-state index in [-0.39, 0.29) is 24.5 Å². The van der Waals surface area contributed by atoms with Crippen LogP contribution in [0.3, 0.4) is 0 Å². The molecule has 0 spiro atoms. The highest BCUT2D eigenvalue weighted by Crippen LogP contribution is 2.51. The summed E-state index contributed by atoms with van der Waals surface area (Å²) in [6.45, 7) is 5.19. The minimum Gasteiger partial charge on any atom is -0.490 e. The summed E-state index contributed by atoms with van der Waals surface area (Å²) in [7, 11) is 0. The number of rotatable bonds is 9. The summed E-state index contributed by atoms with van der Waals surface area (Å²) < 4.78 is 12.6. The lowest BCUT2D eigenvalue weighted by Crippen LogP contribution is -2.39. The van der Waals surface area contributed by atoms with E-state index in [9.17, 15) is 19.5 Å². The number of hydrogen-bond acceptors (Lipinski definition) is 6. The number of hydrogen-bond donors (Lipinski definition) is 1. The van der Waals surface area contributed by atoms with E-state index >= 15 is 0 Å². The van der Waals surface area contributed by atoms with Crippen molar-refractivity contribution >= 4 is 33.5 Å². The van der Waals surface area contributed by atoms with Gasteiger partial charge in [0.05, 0.1) is 24.1 Å². The predicted molar refractivity (Wildman–Crippen MR) is 135 cm³/mol. The zero-order chi connectivity index (χ0) is 25.1. The Morgan fingerprint density at radius 1 is 1.03 bits per heavy atom. The van der Waals surface area contributed by atoms with Gasteiger partial charge in [0.15, 0.2) is 23.1 Å². The maximum atomic E-state index is 13.4. The second-order valence-electron chi connectivity index (χ2n) is 9.11. The number of nitrogens with zero attached hydrogens (tertiary/aromatic N) is 1. The molecule has 0 saturated heterocycles. The van der Waals surface area contributed by atoms with Gasteiger partial charge in [0.1, 0.15) is 0 Å². The van der Waals surface area contributed by atoms with Gasteiger partial charge in [-0.3, -0.25) is 14.4 Å². The van der Waals surface area contributed by atoms with Crippen LogP contribution >= 0.6 is 15.9 Å². The van der Waals surface area contributed by atoms with Crippen LogP contribution in [0.25, 0.3) is 0 Å². The Labute approximate surface area is 214 Å². The lowest BCUT2D eigenvalue weighted by molar-refractivity contribution is -0.137. The molecule has 0 aromatic heterocycles. The summed E-state index contributed by atoms with van der Waals surface area (Å²) in [4.78, 5) is 40.1. The Bertz CT molecular complexity index is 1060. The largest absolute Gasteiger partial charge is 0.490 e. The van der Waals surface area contributed by atoms with E-state index in [4.69, 9.17) is 9.47 Å². The van der Waals surface area contributed by atoms with Gasteiger partial charge in [0.2, 0.25) is 0 Å². The first-order valence-corrected chi connectivity index (χ1v) is 13.3. The fourth-order valence-electron chi connectivity index (χ4n) is 5.39. The van der Waals surface area contributed by atoms with Gasteiger partial charge in [0, 0.05) is 47.8 Å². The summed E-state index contributed by atoms with van der Waals surface area (Å²) in [5.41, 5.74) is 3.83. The number of Topliss-reactive ketones (excluding diaryl/α,β-unsaturated/α-hetero) is 2. The maximum Gasteiger partial charge on any atom is 0.305 e. The molecule has 7 nitrogen and oxygen atoms in total. The van der Waals surface area contributed by atoms with Crippen molar-refractivity contribution in [2.45, 2.75) is 71.1 Å². The van der Waals surface area contributed by atoms with Gasteiger partial charge in [-0.1, -0.05) is 6.92 Å². The first-order valence-electron chi connectivity index (χ1n) is 12.5. The number of allylic oxidation sites excluding steroid dienone is 4.